The molecule has 0 atom stereocenters. The molecule has 12 nitrogen and oxygen atoms in total. The first-order valence-corrected chi connectivity index (χ1v) is 12.3. The van der Waals surface area contributed by atoms with E-state index in [0.717, 1.165) is 12.3 Å². The van der Waals surface area contributed by atoms with E-state index in [1.54, 1.807) is 0 Å². The second-order valence-electron chi connectivity index (χ2n) is 6.81. The largest absolute Gasteiger partial charge is 0.414 e. The fourth-order valence-electron chi connectivity index (χ4n) is 2.58. The van der Waals surface area contributed by atoms with Crippen LogP contribution in [0.4, 0.5) is 4.79 Å². The first kappa shape index (κ1) is 28.0. The van der Waals surface area contributed by atoms with Crippen LogP contribution < -0.4 is 20.1 Å². The molecule has 1 heterocycles. The third-order valence-corrected chi connectivity index (χ3v) is 6.06. The molecule has 0 spiro atoms. The molecule has 0 fully saturated rings. The highest BCUT2D eigenvalue weighted by atomic mass is 35.5. The van der Waals surface area contributed by atoms with Crippen LogP contribution in [0.3, 0.4) is 0 Å². The van der Waals surface area contributed by atoms with E-state index < -0.39 is 32.8 Å². The minimum absolute atomic E-state index is 0.0140. The van der Waals surface area contributed by atoms with Gasteiger partial charge in [-0.05, 0) is 37.6 Å². The number of hydrogen-bond donors (Lipinski definition) is 4. The Bertz CT molecular complexity index is 1140. The van der Waals surface area contributed by atoms with Crippen LogP contribution >= 0.6 is 11.6 Å². The Morgan fingerprint density at radius 3 is 2.43 bits per heavy atom. The summed E-state index contributed by atoms with van der Waals surface area (Å²) in [7, 11) is -4.37. The van der Waals surface area contributed by atoms with E-state index in [2.05, 4.69) is 15.6 Å². The van der Waals surface area contributed by atoms with Crippen molar-refractivity contribution in [3.05, 3.63) is 52.7 Å². The van der Waals surface area contributed by atoms with Crippen molar-refractivity contribution in [1.82, 2.24) is 20.3 Å². The van der Waals surface area contributed by atoms with Crippen molar-refractivity contribution in [2.75, 3.05) is 32.9 Å². The number of aliphatic hydroxyl groups excluding tert-OH is 1. The maximum Gasteiger partial charge on any atom is 0.414 e. The van der Waals surface area contributed by atoms with E-state index >= 15 is 0 Å². The van der Waals surface area contributed by atoms with Crippen LogP contribution in [0.25, 0.3) is 0 Å². The van der Waals surface area contributed by atoms with Crippen LogP contribution in [0.15, 0.2) is 41.4 Å². The number of carbonyl (C=O) groups is 3. The van der Waals surface area contributed by atoms with Crippen LogP contribution in [0.2, 0.25) is 5.02 Å². The number of aromatic nitrogens is 1. The summed E-state index contributed by atoms with van der Waals surface area (Å²) in [5, 5.41) is 13.3. The number of aliphatic hydroxyl groups is 1. The lowest BCUT2D eigenvalue weighted by atomic mass is 10.2. The molecular formula is C21H25ClN4O8S. The SMILES string of the molecule is CCOCCCNC(=O)c1ccc(S(=O)(=O)NC(=O)c2ccc(OC(=O)NCCO)nc2)c(Cl)c1. The highest BCUT2D eigenvalue weighted by Crippen LogP contribution is 2.23. The second-order valence-corrected chi connectivity index (χ2v) is 8.87. The molecule has 0 saturated heterocycles. The van der Waals surface area contributed by atoms with Crippen molar-refractivity contribution in [2.24, 2.45) is 0 Å². The Kier molecular flexibility index (Phi) is 10.9. The van der Waals surface area contributed by atoms with Gasteiger partial charge >= 0.3 is 6.09 Å². The van der Waals surface area contributed by atoms with Gasteiger partial charge in [0, 0.05) is 44.1 Å². The third kappa shape index (κ3) is 8.79. The number of carbonyl (C=O) groups excluding carboxylic acids is 3. The zero-order valence-corrected chi connectivity index (χ0v) is 20.3. The molecule has 1 aromatic carbocycles. The standard InChI is InChI=1S/C21H25ClN4O8S/c1-2-33-11-3-8-23-19(28)14-4-6-17(16(22)12-14)35(31,32)26-20(29)15-5-7-18(25-13-15)34-21(30)24-9-10-27/h4-7,12-13,27H,2-3,8-11H2,1H3,(H,23,28)(H,24,30)(H,26,29). The number of pyridine rings is 1. The zero-order valence-electron chi connectivity index (χ0n) is 18.7. The molecule has 2 rings (SSSR count). The summed E-state index contributed by atoms with van der Waals surface area (Å²) in [6.45, 7) is 3.03. The average molecular weight is 529 g/mol. The number of halogens is 1. The van der Waals surface area contributed by atoms with Gasteiger partial charge in [0.05, 0.1) is 17.2 Å². The van der Waals surface area contributed by atoms with Crippen LogP contribution in [0, 0.1) is 0 Å². The van der Waals surface area contributed by atoms with Gasteiger partial charge in [-0.2, -0.15) is 0 Å². The minimum atomic E-state index is -4.37. The lowest BCUT2D eigenvalue weighted by molar-refractivity contribution is 0.0941. The molecule has 1 aromatic heterocycles. The normalized spacial score (nSPS) is 10.9. The molecule has 0 unspecified atom stereocenters. The van der Waals surface area contributed by atoms with Crippen molar-refractivity contribution < 1.29 is 37.4 Å². The molecule has 0 aliphatic rings. The Hall–Kier alpha value is -3.26. The van der Waals surface area contributed by atoms with Gasteiger partial charge < -0.3 is 25.2 Å². The Balaban J connectivity index is 2.01. The van der Waals surface area contributed by atoms with E-state index in [0.29, 0.717) is 26.2 Å². The number of benzene rings is 1. The summed E-state index contributed by atoms with van der Waals surface area (Å²) in [4.78, 5) is 39.4. The van der Waals surface area contributed by atoms with Gasteiger partial charge in [0.15, 0.2) is 0 Å². The fraction of sp³-hybridized carbons (Fsp3) is 0.333. The molecule has 35 heavy (non-hydrogen) atoms. The Labute approximate surface area is 207 Å². The van der Waals surface area contributed by atoms with Crippen LogP contribution in [0.1, 0.15) is 34.1 Å². The van der Waals surface area contributed by atoms with Gasteiger partial charge in [0.25, 0.3) is 21.8 Å². The van der Waals surface area contributed by atoms with Crippen LogP contribution in [-0.4, -0.2) is 69.3 Å². The maximum absolute atomic E-state index is 12.7. The molecule has 190 valence electrons. The lowest BCUT2D eigenvalue weighted by Crippen LogP contribution is -2.31. The average Bonchev–Trinajstić information content (AvgIpc) is 2.82. The summed E-state index contributed by atoms with van der Waals surface area (Å²) < 4.78 is 37.2. The van der Waals surface area contributed by atoms with Crippen LogP contribution in [0.5, 0.6) is 5.88 Å². The van der Waals surface area contributed by atoms with E-state index in [1.807, 2.05) is 11.6 Å². The number of amides is 3. The van der Waals surface area contributed by atoms with E-state index in [4.69, 9.17) is 26.2 Å². The zero-order chi connectivity index (χ0) is 25.8. The molecule has 2 aromatic rings. The number of rotatable bonds is 12. The smallest absolute Gasteiger partial charge is 0.395 e. The molecule has 4 N–H and O–H groups in total. The van der Waals surface area contributed by atoms with Gasteiger partial charge in [0.2, 0.25) is 5.88 Å². The molecule has 3 amide bonds. The molecule has 0 aliphatic heterocycles. The molecule has 0 radical (unpaired) electrons. The maximum atomic E-state index is 12.7. The van der Waals surface area contributed by atoms with Gasteiger partial charge in [-0.1, -0.05) is 11.6 Å². The Morgan fingerprint density at radius 2 is 1.80 bits per heavy atom. The quantitative estimate of drug-likeness (QED) is 0.294. The predicted molar refractivity (Wildman–Crippen MR) is 125 cm³/mol. The summed E-state index contributed by atoms with van der Waals surface area (Å²) in [5.41, 5.74) is 0.0235. The van der Waals surface area contributed by atoms with E-state index in [1.165, 1.54) is 24.3 Å². The molecule has 0 saturated carbocycles. The highest BCUT2D eigenvalue weighted by Gasteiger charge is 2.23. The monoisotopic (exact) mass is 528 g/mol. The summed E-state index contributed by atoms with van der Waals surface area (Å²) in [5.74, 6) is -1.58. The fourth-order valence-corrected chi connectivity index (χ4v) is 4.10. The first-order chi connectivity index (χ1) is 16.7. The Morgan fingerprint density at radius 1 is 1.06 bits per heavy atom. The number of hydrogen-bond acceptors (Lipinski definition) is 9. The summed E-state index contributed by atoms with van der Waals surface area (Å²) >= 11 is 6.08. The number of nitrogens with one attached hydrogen (secondary N) is 3. The minimum Gasteiger partial charge on any atom is -0.395 e. The molecular weight excluding hydrogens is 504 g/mol. The summed E-state index contributed by atoms with van der Waals surface area (Å²) in [6, 6.07) is 5.97. The van der Waals surface area contributed by atoms with Crippen molar-refractivity contribution in [3.63, 3.8) is 0 Å². The number of nitrogens with zero attached hydrogens (tertiary/aromatic N) is 1. The van der Waals surface area contributed by atoms with Crippen LogP contribution in [-0.2, 0) is 14.8 Å². The lowest BCUT2D eigenvalue weighted by Gasteiger charge is -2.11. The van der Waals surface area contributed by atoms with E-state index in [9.17, 15) is 22.8 Å². The summed E-state index contributed by atoms with van der Waals surface area (Å²) in [6.07, 6.45) is 0.772. The topological polar surface area (TPSA) is 173 Å². The highest BCUT2D eigenvalue weighted by molar-refractivity contribution is 7.90. The van der Waals surface area contributed by atoms with Crippen molar-refractivity contribution in [1.29, 1.82) is 0 Å². The first-order valence-electron chi connectivity index (χ1n) is 10.4. The van der Waals surface area contributed by atoms with Crippen molar-refractivity contribution in [2.45, 2.75) is 18.2 Å². The van der Waals surface area contributed by atoms with Gasteiger partial charge in [-0.3, -0.25) is 9.59 Å². The van der Waals surface area contributed by atoms with Gasteiger partial charge in [-0.15, -0.1) is 0 Å². The molecule has 14 heteroatoms. The predicted octanol–water partition coefficient (Wildman–Crippen LogP) is 1.09. The number of ether oxygens (including phenoxy) is 2. The molecule has 0 aliphatic carbocycles. The van der Waals surface area contributed by atoms with Gasteiger partial charge in [-0.25, -0.2) is 22.9 Å². The second kappa shape index (κ2) is 13.6. The molecule has 0 bridgehead atoms. The van der Waals surface area contributed by atoms with E-state index in [-0.39, 0.29) is 35.2 Å². The number of sulfonamides is 1. The third-order valence-electron chi connectivity index (χ3n) is 4.24. The van der Waals surface area contributed by atoms with Crippen molar-refractivity contribution >= 4 is 39.5 Å². The van der Waals surface area contributed by atoms with Gasteiger partial charge in [0.1, 0.15) is 4.90 Å². The van der Waals surface area contributed by atoms with Crippen molar-refractivity contribution in [3.8, 4) is 5.88 Å².